The van der Waals surface area contributed by atoms with Gasteiger partial charge in [-0.05, 0) is 31.9 Å². The van der Waals surface area contributed by atoms with Crippen molar-refractivity contribution in [3.63, 3.8) is 0 Å². The van der Waals surface area contributed by atoms with Crippen LogP contribution in [0.4, 0.5) is 0 Å². The van der Waals surface area contributed by atoms with Crippen molar-refractivity contribution in [2.24, 2.45) is 0 Å². The standard InChI is InChI=1S/C13H15NO/c1-10-5-7-12(8-6-10)13(15)14-9-3-4-11(14)2/h5-8H,2-4,9H2,1H3. The molecule has 1 heterocycles. The molecule has 1 fully saturated rings. The summed E-state index contributed by atoms with van der Waals surface area (Å²) < 4.78 is 0. The van der Waals surface area contributed by atoms with Gasteiger partial charge in [-0.15, -0.1) is 0 Å². The Morgan fingerprint density at radius 2 is 2.00 bits per heavy atom. The maximum absolute atomic E-state index is 12.0. The molecular weight excluding hydrogens is 186 g/mol. The molecule has 0 unspecified atom stereocenters. The minimum atomic E-state index is 0.0810. The molecule has 1 saturated heterocycles. The monoisotopic (exact) mass is 201 g/mol. The lowest BCUT2D eigenvalue weighted by atomic mass is 10.1. The van der Waals surface area contributed by atoms with Gasteiger partial charge < -0.3 is 4.90 Å². The van der Waals surface area contributed by atoms with Crippen LogP contribution in [0.2, 0.25) is 0 Å². The average Bonchev–Trinajstić information content (AvgIpc) is 2.65. The van der Waals surface area contributed by atoms with E-state index in [0.717, 1.165) is 30.6 Å². The molecule has 0 aromatic heterocycles. The van der Waals surface area contributed by atoms with E-state index in [4.69, 9.17) is 0 Å². The van der Waals surface area contributed by atoms with Crippen molar-refractivity contribution in [3.05, 3.63) is 47.7 Å². The van der Waals surface area contributed by atoms with E-state index in [-0.39, 0.29) is 5.91 Å². The van der Waals surface area contributed by atoms with E-state index in [9.17, 15) is 4.79 Å². The Labute approximate surface area is 90.2 Å². The molecule has 1 aromatic carbocycles. The van der Waals surface area contributed by atoms with Gasteiger partial charge in [0.05, 0.1) is 0 Å². The Kier molecular flexibility index (Phi) is 2.58. The smallest absolute Gasteiger partial charge is 0.257 e. The third-order valence-corrected chi connectivity index (χ3v) is 2.77. The van der Waals surface area contributed by atoms with Crippen LogP contribution < -0.4 is 0 Å². The molecule has 78 valence electrons. The summed E-state index contributed by atoms with van der Waals surface area (Å²) in [5.41, 5.74) is 2.87. The second-order valence-corrected chi connectivity index (χ2v) is 3.99. The highest BCUT2D eigenvalue weighted by molar-refractivity contribution is 5.95. The Bertz CT molecular complexity index is 392. The summed E-state index contributed by atoms with van der Waals surface area (Å²) in [6.45, 7) is 6.73. The molecule has 1 amide bonds. The van der Waals surface area contributed by atoms with Gasteiger partial charge in [0.1, 0.15) is 0 Å². The van der Waals surface area contributed by atoms with Gasteiger partial charge in [0.15, 0.2) is 0 Å². The third kappa shape index (κ3) is 1.94. The van der Waals surface area contributed by atoms with Crippen LogP contribution in [0.1, 0.15) is 28.8 Å². The Hall–Kier alpha value is -1.57. The molecule has 1 aliphatic heterocycles. The number of allylic oxidation sites excluding steroid dienone is 1. The molecule has 1 aliphatic rings. The topological polar surface area (TPSA) is 20.3 Å². The minimum absolute atomic E-state index is 0.0810. The van der Waals surface area contributed by atoms with Crippen LogP contribution in [0.5, 0.6) is 0 Å². The molecule has 0 atom stereocenters. The zero-order chi connectivity index (χ0) is 10.8. The molecule has 0 N–H and O–H groups in total. The molecule has 2 heteroatoms. The lowest BCUT2D eigenvalue weighted by Gasteiger charge is -2.16. The van der Waals surface area contributed by atoms with E-state index in [1.807, 2.05) is 31.2 Å². The van der Waals surface area contributed by atoms with Gasteiger partial charge in [0, 0.05) is 17.8 Å². The Morgan fingerprint density at radius 3 is 2.53 bits per heavy atom. The number of benzene rings is 1. The van der Waals surface area contributed by atoms with Crippen molar-refractivity contribution in [1.29, 1.82) is 0 Å². The zero-order valence-corrected chi connectivity index (χ0v) is 8.99. The molecule has 0 bridgehead atoms. The normalized spacial score (nSPS) is 15.8. The number of amides is 1. The van der Waals surface area contributed by atoms with E-state index < -0.39 is 0 Å². The molecule has 2 nitrogen and oxygen atoms in total. The molecule has 0 aliphatic carbocycles. The van der Waals surface area contributed by atoms with Crippen LogP contribution >= 0.6 is 0 Å². The number of nitrogens with zero attached hydrogens (tertiary/aromatic N) is 1. The average molecular weight is 201 g/mol. The molecular formula is C13H15NO. The van der Waals surface area contributed by atoms with Gasteiger partial charge in [-0.2, -0.15) is 0 Å². The predicted octanol–water partition coefficient (Wildman–Crippen LogP) is 2.74. The maximum Gasteiger partial charge on any atom is 0.257 e. The number of carbonyl (C=O) groups excluding carboxylic acids is 1. The fraction of sp³-hybridized carbons (Fsp3) is 0.308. The van der Waals surface area contributed by atoms with E-state index in [1.54, 1.807) is 4.90 Å². The van der Waals surface area contributed by atoms with Crippen molar-refractivity contribution in [2.75, 3.05) is 6.54 Å². The Balaban J connectivity index is 2.20. The highest BCUT2D eigenvalue weighted by Crippen LogP contribution is 2.21. The molecule has 15 heavy (non-hydrogen) atoms. The van der Waals surface area contributed by atoms with Gasteiger partial charge in [0.2, 0.25) is 0 Å². The number of likely N-dealkylation sites (tertiary alicyclic amines) is 1. The van der Waals surface area contributed by atoms with Crippen molar-refractivity contribution >= 4 is 5.91 Å². The summed E-state index contributed by atoms with van der Waals surface area (Å²) in [5.74, 6) is 0.0810. The maximum atomic E-state index is 12.0. The molecule has 0 spiro atoms. The number of hydrogen-bond donors (Lipinski definition) is 0. The quantitative estimate of drug-likeness (QED) is 0.684. The number of aryl methyl sites for hydroxylation is 1. The van der Waals surface area contributed by atoms with Crippen molar-refractivity contribution in [3.8, 4) is 0 Å². The molecule has 0 saturated carbocycles. The number of rotatable bonds is 1. The van der Waals surface area contributed by atoms with Gasteiger partial charge in [-0.3, -0.25) is 4.79 Å². The zero-order valence-electron chi connectivity index (χ0n) is 8.99. The first-order valence-corrected chi connectivity index (χ1v) is 5.25. The van der Waals surface area contributed by atoms with Gasteiger partial charge in [-0.25, -0.2) is 0 Å². The fourth-order valence-electron chi connectivity index (χ4n) is 1.83. The number of carbonyl (C=O) groups is 1. The van der Waals surface area contributed by atoms with Crippen molar-refractivity contribution in [2.45, 2.75) is 19.8 Å². The van der Waals surface area contributed by atoms with Crippen LogP contribution in [0.3, 0.4) is 0 Å². The second-order valence-electron chi connectivity index (χ2n) is 3.99. The lowest BCUT2D eigenvalue weighted by molar-refractivity contribution is 0.0826. The van der Waals surface area contributed by atoms with E-state index in [2.05, 4.69) is 6.58 Å². The highest BCUT2D eigenvalue weighted by Gasteiger charge is 2.22. The van der Waals surface area contributed by atoms with E-state index in [0.29, 0.717) is 0 Å². The van der Waals surface area contributed by atoms with Gasteiger partial charge in [-0.1, -0.05) is 24.3 Å². The van der Waals surface area contributed by atoms with Gasteiger partial charge in [0.25, 0.3) is 5.91 Å². The predicted molar refractivity (Wildman–Crippen MR) is 60.6 cm³/mol. The van der Waals surface area contributed by atoms with Crippen LogP contribution in [0.15, 0.2) is 36.5 Å². The van der Waals surface area contributed by atoms with Crippen LogP contribution in [0, 0.1) is 6.92 Å². The summed E-state index contributed by atoms with van der Waals surface area (Å²) in [4.78, 5) is 13.8. The molecule has 0 radical (unpaired) electrons. The SMILES string of the molecule is C=C1CCCN1C(=O)c1ccc(C)cc1. The van der Waals surface area contributed by atoms with Crippen LogP contribution in [0.25, 0.3) is 0 Å². The fourth-order valence-corrected chi connectivity index (χ4v) is 1.83. The van der Waals surface area contributed by atoms with Crippen LogP contribution in [-0.4, -0.2) is 17.4 Å². The summed E-state index contributed by atoms with van der Waals surface area (Å²) in [6.07, 6.45) is 1.98. The van der Waals surface area contributed by atoms with E-state index >= 15 is 0 Å². The first-order chi connectivity index (χ1) is 7.18. The van der Waals surface area contributed by atoms with Crippen molar-refractivity contribution < 1.29 is 4.79 Å². The van der Waals surface area contributed by atoms with Crippen molar-refractivity contribution in [1.82, 2.24) is 4.90 Å². The first kappa shape index (κ1) is 9.97. The second kappa shape index (κ2) is 3.89. The minimum Gasteiger partial charge on any atom is -0.313 e. The van der Waals surface area contributed by atoms with Gasteiger partial charge >= 0.3 is 0 Å². The summed E-state index contributed by atoms with van der Waals surface area (Å²) >= 11 is 0. The molecule has 1 aromatic rings. The van der Waals surface area contributed by atoms with E-state index in [1.165, 1.54) is 5.56 Å². The number of hydrogen-bond acceptors (Lipinski definition) is 1. The van der Waals surface area contributed by atoms with Crippen LogP contribution in [-0.2, 0) is 0 Å². The third-order valence-electron chi connectivity index (χ3n) is 2.77. The summed E-state index contributed by atoms with van der Waals surface area (Å²) in [6, 6.07) is 7.69. The largest absolute Gasteiger partial charge is 0.313 e. The summed E-state index contributed by atoms with van der Waals surface area (Å²) in [7, 11) is 0. The Morgan fingerprint density at radius 1 is 1.33 bits per heavy atom. The molecule has 2 rings (SSSR count). The highest BCUT2D eigenvalue weighted by atomic mass is 16.2. The summed E-state index contributed by atoms with van der Waals surface area (Å²) in [5, 5.41) is 0. The first-order valence-electron chi connectivity index (χ1n) is 5.25. The lowest BCUT2D eigenvalue weighted by Crippen LogP contribution is -2.25.